The first-order valence-corrected chi connectivity index (χ1v) is 4.92. The number of halogens is 1. The van der Waals surface area contributed by atoms with E-state index >= 15 is 0 Å². The van der Waals surface area contributed by atoms with Crippen LogP contribution in [0.1, 0.15) is 21.5 Å². The Morgan fingerprint density at radius 1 is 1.19 bits per heavy atom. The summed E-state index contributed by atoms with van der Waals surface area (Å²) in [5.74, 6) is -0.254. The molecule has 0 aliphatic heterocycles. The Morgan fingerprint density at radius 2 is 2.00 bits per heavy atom. The van der Waals surface area contributed by atoms with Crippen molar-refractivity contribution in [3.63, 3.8) is 0 Å². The maximum atomic E-state index is 13.4. The third kappa shape index (κ3) is 2.14. The number of rotatable bonds is 3. The Morgan fingerprint density at radius 3 is 2.75 bits per heavy atom. The fourth-order valence-corrected chi connectivity index (χ4v) is 1.55. The van der Waals surface area contributed by atoms with E-state index in [0.717, 1.165) is 11.8 Å². The van der Waals surface area contributed by atoms with Gasteiger partial charge in [-0.1, -0.05) is 18.2 Å². The lowest BCUT2D eigenvalue weighted by atomic mass is 10.0. The molecule has 0 aliphatic rings. The molecule has 2 nitrogen and oxygen atoms in total. The molecule has 0 aliphatic carbocycles. The molecule has 0 N–H and O–H groups in total. The van der Waals surface area contributed by atoms with E-state index in [1.165, 1.54) is 12.3 Å². The molecule has 3 heteroatoms. The van der Waals surface area contributed by atoms with Crippen LogP contribution >= 0.6 is 0 Å². The second-order valence-corrected chi connectivity index (χ2v) is 3.46. The van der Waals surface area contributed by atoms with Crippen LogP contribution in [0.15, 0.2) is 42.7 Å². The van der Waals surface area contributed by atoms with Crippen molar-refractivity contribution in [1.29, 1.82) is 0 Å². The van der Waals surface area contributed by atoms with Gasteiger partial charge in [0.15, 0.2) is 6.29 Å². The molecular formula is C13H10FNO. The molecule has 0 bridgehead atoms. The molecule has 1 aromatic carbocycles. The molecule has 0 saturated carbocycles. The van der Waals surface area contributed by atoms with Gasteiger partial charge in [0.2, 0.25) is 0 Å². The Balaban J connectivity index is 2.34. The average Bonchev–Trinajstić information content (AvgIpc) is 2.33. The van der Waals surface area contributed by atoms with Crippen LogP contribution < -0.4 is 0 Å². The van der Waals surface area contributed by atoms with E-state index < -0.39 is 0 Å². The summed E-state index contributed by atoms with van der Waals surface area (Å²) in [6, 6.07) is 8.28. The van der Waals surface area contributed by atoms with Crippen LogP contribution in [0, 0.1) is 5.82 Å². The molecule has 0 fully saturated rings. The molecule has 0 spiro atoms. The van der Waals surface area contributed by atoms with Crippen molar-refractivity contribution in [2.45, 2.75) is 6.42 Å². The van der Waals surface area contributed by atoms with Crippen molar-refractivity contribution in [3.05, 3.63) is 65.2 Å². The molecule has 0 atom stereocenters. The van der Waals surface area contributed by atoms with E-state index in [1.807, 2.05) is 0 Å². The minimum Gasteiger partial charge on any atom is -0.298 e. The van der Waals surface area contributed by atoms with E-state index in [1.54, 1.807) is 30.5 Å². The third-order valence-electron chi connectivity index (χ3n) is 2.41. The zero-order chi connectivity index (χ0) is 11.4. The van der Waals surface area contributed by atoms with E-state index in [4.69, 9.17) is 0 Å². The summed E-state index contributed by atoms with van der Waals surface area (Å²) in [5, 5.41) is 0. The van der Waals surface area contributed by atoms with Gasteiger partial charge in [-0.25, -0.2) is 4.39 Å². The Kier molecular flexibility index (Phi) is 3.05. The molecule has 80 valence electrons. The van der Waals surface area contributed by atoms with Gasteiger partial charge in [0, 0.05) is 24.4 Å². The number of hydrogen-bond donors (Lipinski definition) is 0. The van der Waals surface area contributed by atoms with Gasteiger partial charge >= 0.3 is 0 Å². The molecule has 0 radical (unpaired) electrons. The highest BCUT2D eigenvalue weighted by Crippen LogP contribution is 2.14. The summed E-state index contributed by atoms with van der Waals surface area (Å²) in [6.45, 7) is 0. The maximum absolute atomic E-state index is 13.4. The van der Waals surface area contributed by atoms with Crippen LogP contribution in [-0.4, -0.2) is 11.3 Å². The first-order chi connectivity index (χ1) is 7.81. The lowest BCUT2D eigenvalue weighted by Gasteiger charge is -2.05. The summed E-state index contributed by atoms with van der Waals surface area (Å²) >= 11 is 0. The second-order valence-electron chi connectivity index (χ2n) is 3.46. The SMILES string of the molecule is O=Cc1cnccc1Cc1ccccc1F. The fourth-order valence-electron chi connectivity index (χ4n) is 1.55. The second kappa shape index (κ2) is 4.66. The monoisotopic (exact) mass is 215 g/mol. The predicted molar refractivity (Wildman–Crippen MR) is 58.8 cm³/mol. The van der Waals surface area contributed by atoms with Crippen molar-refractivity contribution >= 4 is 6.29 Å². The van der Waals surface area contributed by atoms with Crippen LogP contribution in [0.5, 0.6) is 0 Å². The van der Waals surface area contributed by atoms with Crippen LogP contribution in [-0.2, 0) is 6.42 Å². The highest BCUT2D eigenvalue weighted by Gasteiger charge is 2.05. The maximum Gasteiger partial charge on any atom is 0.151 e. The number of hydrogen-bond acceptors (Lipinski definition) is 2. The van der Waals surface area contributed by atoms with Crippen molar-refractivity contribution in [3.8, 4) is 0 Å². The number of carbonyl (C=O) groups excluding carboxylic acids is 1. The number of nitrogens with zero attached hydrogens (tertiary/aromatic N) is 1. The highest BCUT2D eigenvalue weighted by atomic mass is 19.1. The molecule has 1 heterocycles. The molecular weight excluding hydrogens is 205 g/mol. The molecule has 0 saturated heterocycles. The van der Waals surface area contributed by atoms with Crippen LogP contribution in [0.2, 0.25) is 0 Å². The summed E-state index contributed by atoms with van der Waals surface area (Å²) in [7, 11) is 0. The van der Waals surface area contributed by atoms with Crippen molar-refractivity contribution in [2.24, 2.45) is 0 Å². The first-order valence-electron chi connectivity index (χ1n) is 4.92. The highest BCUT2D eigenvalue weighted by molar-refractivity contribution is 5.76. The topological polar surface area (TPSA) is 30.0 Å². The lowest BCUT2D eigenvalue weighted by Crippen LogP contribution is -1.97. The van der Waals surface area contributed by atoms with E-state index in [-0.39, 0.29) is 5.82 Å². The van der Waals surface area contributed by atoms with Gasteiger partial charge in [0.05, 0.1) is 0 Å². The number of benzene rings is 1. The normalized spacial score (nSPS) is 10.1. The van der Waals surface area contributed by atoms with Gasteiger partial charge in [0.1, 0.15) is 5.82 Å². The summed E-state index contributed by atoms with van der Waals surface area (Å²) in [5.41, 5.74) is 1.87. The van der Waals surface area contributed by atoms with E-state index in [9.17, 15) is 9.18 Å². The Hall–Kier alpha value is -2.03. The fraction of sp³-hybridized carbons (Fsp3) is 0.0769. The smallest absolute Gasteiger partial charge is 0.151 e. The van der Waals surface area contributed by atoms with Gasteiger partial charge in [0.25, 0.3) is 0 Å². The first kappa shape index (κ1) is 10.5. The minimum absolute atomic E-state index is 0.254. The van der Waals surface area contributed by atoms with Gasteiger partial charge in [-0.15, -0.1) is 0 Å². The summed E-state index contributed by atoms with van der Waals surface area (Å²) in [4.78, 5) is 14.6. The Labute approximate surface area is 92.8 Å². The van der Waals surface area contributed by atoms with Gasteiger partial charge < -0.3 is 0 Å². The summed E-state index contributed by atoms with van der Waals surface area (Å²) < 4.78 is 13.4. The van der Waals surface area contributed by atoms with Gasteiger partial charge in [-0.3, -0.25) is 9.78 Å². The molecule has 16 heavy (non-hydrogen) atoms. The molecule has 0 unspecified atom stereocenters. The number of aldehydes is 1. The molecule has 2 aromatic rings. The van der Waals surface area contributed by atoms with E-state index in [0.29, 0.717) is 17.5 Å². The largest absolute Gasteiger partial charge is 0.298 e. The molecule has 0 amide bonds. The molecule has 2 rings (SSSR count). The van der Waals surface area contributed by atoms with Crippen molar-refractivity contribution in [1.82, 2.24) is 4.98 Å². The third-order valence-corrected chi connectivity index (χ3v) is 2.41. The van der Waals surface area contributed by atoms with Gasteiger partial charge in [-0.2, -0.15) is 0 Å². The predicted octanol–water partition coefficient (Wildman–Crippen LogP) is 2.62. The summed E-state index contributed by atoms with van der Waals surface area (Å²) in [6.07, 6.45) is 4.23. The minimum atomic E-state index is -0.254. The van der Waals surface area contributed by atoms with E-state index in [2.05, 4.69) is 4.98 Å². The zero-order valence-corrected chi connectivity index (χ0v) is 8.56. The zero-order valence-electron chi connectivity index (χ0n) is 8.56. The standard InChI is InChI=1S/C13H10FNO/c14-13-4-2-1-3-11(13)7-10-5-6-15-8-12(10)9-16/h1-6,8-9H,7H2. The number of aromatic nitrogens is 1. The number of carbonyl (C=O) groups is 1. The lowest BCUT2D eigenvalue weighted by molar-refractivity contribution is 0.112. The van der Waals surface area contributed by atoms with Crippen LogP contribution in [0.3, 0.4) is 0 Å². The van der Waals surface area contributed by atoms with Crippen molar-refractivity contribution < 1.29 is 9.18 Å². The Bertz CT molecular complexity index is 511. The quantitative estimate of drug-likeness (QED) is 0.737. The van der Waals surface area contributed by atoms with Crippen LogP contribution in [0.25, 0.3) is 0 Å². The number of pyridine rings is 1. The van der Waals surface area contributed by atoms with Crippen LogP contribution in [0.4, 0.5) is 4.39 Å². The van der Waals surface area contributed by atoms with Gasteiger partial charge in [-0.05, 0) is 23.3 Å². The van der Waals surface area contributed by atoms with Crippen molar-refractivity contribution in [2.75, 3.05) is 0 Å². The average molecular weight is 215 g/mol. The molecule has 1 aromatic heterocycles.